The highest BCUT2D eigenvalue weighted by Crippen LogP contribution is 2.02. The van der Waals surface area contributed by atoms with Crippen LogP contribution in [0.25, 0.3) is 0 Å². The minimum absolute atomic E-state index is 0.0787. The van der Waals surface area contributed by atoms with Crippen LogP contribution in [0.5, 0.6) is 0 Å². The van der Waals surface area contributed by atoms with Gasteiger partial charge in [-0.05, 0) is 39.1 Å². The van der Waals surface area contributed by atoms with Crippen molar-refractivity contribution < 1.29 is 4.79 Å². The molecule has 0 aromatic rings. The SMILES string of the molecule is CN1CCCC1.N=C/C=C(\N)C=O. The molecule has 1 rings (SSSR count). The van der Waals surface area contributed by atoms with E-state index in [1.165, 1.54) is 32.0 Å². The van der Waals surface area contributed by atoms with E-state index >= 15 is 0 Å². The van der Waals surface area contributed by atoms with Crippen molar-refractivity contribution in [3.63, 3.8) is 0 Å². The number of nitrogens with two attached hydrogens (primary N) is 1. The minimum Gasteiger partial charge on any atom is -0.396 e. The molecular formula is C9H17N3O. The summed E-state index contributed by atoms with van der Waals surface area (Å²) in [4.78, 5) is 12.0. The third kappa shape index (κ3) is 7.21. The third-order valence-electron chi connectivity index (χ3n) is 1.74. The van der Waals surface area contributed by atoms with Gasteiger partial charge >= 0.3 is 0 Å². The average molecular weight is 183 g/mol. The first-order valence-corrected chi connectivity index (χ1v) is 4.30. The van der Waals surface area contributed by atoms with Crippen molar-refractivity contribution in [2.45, 2.75) is 12.8 Å². The molecule has 1 saturated heterocycles. The number of nitrogens with zero attached hydrogens (tertiary/aromatic N) is 1. The monoisotopic (exact) mass is 183 g/mol. The second-order valence-corrected chi connectivity index (χ2v) is 2.96. The molecule has 1 aliphatic rings. The Labute approximate surface area is 78.9 Å². The summed E-state index contributed by atoms with van der Waals surface area (Å²) in [5.74, 6) is 0. The molecule has 3 N–H and O–H groups in total. The summed E-state index contributed by atoms with van der Waals surface area (Å²) in [6.07, 6.45) is 5.49. The van der Waals surface area contributed by atoms with E-state index in [1.54, 1.807) is 0 Å². The van der Waals surface area contributed by atoms with Gasteiger partial charge in [0.2, 0.25) is 0 Å². The van der Waals surface area contributed by atoms with Gasteiger partial charge in [-0.15, -0.1) is 0 Å². The van der Waals surface area contributed by atoms with Gasteiger partial charge in [0, 0.05) is 6.21 Å². The van der Waals surface area contributed by atoms with E-state index < -0.39 is 0 Å². The van der Waals surface area contributed by atoms with E-state index in [4.69, 9.17) is 11.1 Å². The number of nitrogens with one attached hydrogen (secondary N) is 1. The number of aldehydes is 1. The van der Waals surface area contributed by atoms with Gasteiger partial charge in [-0.2, -0.15) is 0 Å². The number of rotatable bonds is 2. The molecule has 1 aliphatic heterocycles. The van der Waals surface area contributed by atoms with Crippen molar-refractivity contribution in [3.05, 3.63) is 11.8 Å². The summed E-state index contributed by atoms with van der Waals surface area (Å²) in [6.45, 7) is 2.64. The van der Waals surface area contributed by atoms with E-state index in [2.05, 4.69) is 11.9 Å². The van der Waals surface area contributed by atoms with Crippen molar-refractivity contribution in [2.75, 3.05) is 20.1 Å². The van der Waals surface area contributed by atoms with Crippen LogP contribution in [0, 0.1) is 5.41 Å². The van der Waals surface area contributed by atoms with Gasteiger partial charge in [0.15, 0.2) is 6.29 Å². The number of allylic oxidation sites excluding steroid dienone is 2. The maximum Gasteiger partial charge on any atom is 0.165 e. The molecule has 1 fully saturated rings. The zero-order valence-corrected chi connectivity index (χ0v) is 7.99. The van der Waals surface area contributed by atoms with Gasteiger partial charge in [0.1, 0.15) is 0 Å². The highest BCUT2D eigenvalue weighted by Gasteiger charge is 2.03. The summed E-state index contributed by atoms with van der Waals surface area (Å²) < 4.78 is 0. The van der Waals surface area contributed by atoms with Crippen LogP contribution in [0.2, 0.25) is 0 Å². The molecule has 74 valence electrons. The Bertz CT molecular complexity index is 183. The number of likely N-dealkylation sites (tertiary alicyclic amines) is 1. The molecule has 0 spiro atoms. The molecule has 0 aromatic heterocycles. The van der Waals surface area contributed by atoms with Crippen LogP contribution in [0.4, 0.5) is 0 Å². The normalized spacial score (nSPS) is 17.5. The summed E-state index contributed by atoms with van der Waals surface area (Å²) in [5.41, 5.74) is 5.00. The van der Waals surface area contributed by atoms with Crippen molar-refractivity contribution >= 4 is 12.5 Å². The van der Waals surface area contributed by atoms with E-state index in [-0.39, 0.29) is 5.70 Å². The largest absolute Gasteiger partial charge is 0.396 e. The van der Waals surface area contributed by atoms with Crippen LogP contribution in [0.1, 0.15) is 12.8 Å². The van der Waals surface area contributed by atoms with E-state index in [0.29, 0.717) is 6.29 Å². The topological polar surface area (TPSA) is 70.2 Å². The zero-order chi connectivity index (χ0) is 10.1. The third-order valence-corrected chi connectivity index (χ3v) is 1.74. The molecule has 0 saturated carbocycles. The Hall–Kier alpha value is -1.16. The first-order valence-electron chi connectivity index (χ1n) is 4.30. The molecule has 4 nitrogen and oxygen atoms in total. The Balaban J connectivity index is 0.000000223. The Morgan fingerprint density at radius 3 is 2.15 bits per heavy atom. The molecule has 0 bridgehead atoms. The minimum atomic E-state index is 0.0787. The molecule has 4 heteroatoms. The van der Waals surface area contributed by atoms with Gasteiger partial charge in [-0.1, -0.05) is 0 Å². The van der Waals surface area contributed by atoms with Crippen molar-refractivity contribution in [3.8, 4) is 0 Å². The van der Waals surface area contributed by atoms with Crippen molar-refractivity contribution in [2.24, 2.45) is 5.73 Å². The highest BCUT2D eigenvalue weighted by molar-refractivity contribution is 5.81. The Kier molecular flexibility index (Phi) is 6.82. The van der Waals surface area contributed by atoms with E-state index in [9.17, 15) is 4.79 Å². The molecule has 0 atom stereocenters. The van der Waals surface area contributed by atoms with Gasteiger partial charge < -0.3 is 16.0 Å². The summed E-state index contributed by atoms with van der Waals surface area (Å²) >= 11 is 0. The molecule has 0 radical (unpaired) electrons. The smallest absolute Gasteiger partial charge is 0.165 e. The maximum absolute atomic E-state index is 9.60. The Morgan fingerprint density at radius 1 is 1.46 bits per heavy atom. The number of hydrogen-bond acceptors (Lipinski definition) is 4. The predicted octanol–water partition coefficient (Wildman–Crippen LogP) is 0.389. The molecular weight excluding hydrogens is 166 g/mol. The lowest BCUT2D eigenvalue weighted by atomic mass is 10.4. The lowest BCUT2D eigenvalue weighted by Crippen LogP contribution is -2.10. The molecule has 0 aliphatic carbocycles. The van der Waals surface area contributed by atoms with Gasteiger partial charge in [-0.25, -0.2) is 0 Å². The van der Waals surface area contributed by atoms with Crippen LogP contribution >= 0.6 is 0 Å². The maximum atomic E-state index is 9.60. The van der Waals surface area contributed by atoms with Crippen molar-refractivity contribution in [1.82, 2.24) is 4.90 Å². The number of carbonyl (C=O) groups excluding carboxylic acids is 1. The van der Waals surface area contributed by atoms with E-state index in [0.717, 1.165) is 6.21 Å². The van der Waals surface area contributed by atoms with Crippen LogP contribution in [0.15, 0.2) is 11.8 Å². The first-order chi connectivity index (χ1) is 6.20. The fraction of sp³-hybridized carbons (Fsp3) is 0.556. The molecule has 0 amide bonds. The number of hydrogen-bond donors (Lipinski definition) is 2. The zero-order valence-electron chi connectivity index (χ0n) is 7.99. The van der Waals surface area contributed by atoms with Gasteiger partial charge in [-0.3, -0.25) is 4.79 Å². The lowest BCUT2D eigenvalue weighted by Gasteiger charge is -2.01. The quantitative estimate of drug-likeness (QED) is 0.369. The Morgan fingerprint density at radius 2 is 2.00 bits per heavy atom. The van der Waals surface area contributed by atoms with E-state index in [1.807, 2.05) is 0 Å². The fourth-order valence-corrected chi connectivity index (χ4v) is 1.01. The van der Waals surface area contributed by atoms with Crippen LogP contribution in [-0.4, -0.2) is 37.5 Å². The van der Waals surface area contributed by atoms with Crippen molar-refractivity contribution in [1.29, 1.82) is 5.41 Å². The van der Waals surface area contributed by atoms with Gasteiger partial charge in [0.25, 0.3) is 0 Å². The second-order valence-electron chi connectivity index (χ2n) is 2.96. The molecule has 13 heavy (non-hydrogen) atoms. The lowest BCUT2D eigenvalue weighted by molar-refractivity contribution is -0.104. The number of carbonyl (C=O) groups is 1. The van der Waals surface area contributed by atoms with Crippen LogP contribution < -0.4 is 5.73 Å². The molecule has 0 unspecified atom stereocenters. The highest BCUT2D eigenvalue weighted by atomic mass is 16.1. The van der Waals surface area contributed by atoms with Gasteiger partial charge in [0.05, 0.1) is 5.70 Å². The summed E-state index contributed by atoms with van der Waals surface area (Å²) in [7, 11) is 2.17. The second kappa shape index (κ2) is 7.49. The predicted molar refractivity (Wildman–Crippen MR) is 53.8 cm³/mol. The standard InChI is InChI=1S/C5H11N.C4H6N2O/c1-6-4-2-3-5-6;5-2-1-4(6)3-7/h2-5H2,1H3;1-3,5H,6H2/b;4-1-,5-2?. The molecule has 1 heterocycles. The summed E-state index contributed by atoms with van der Waals surface area (Å²) in [6, 6.07) is 0. The summed E-state index contributed by atoms with van der Waals surface area (Å²) in [5, 5.41) is 6.40. The average Bonchev–Trinajstić information content (AvgIpc) is 2.57. The fourth-order valence-electron chi connectivity index (χ4n) is 1.01. The first kappa shape index (κ1) is 11.8. The van der Waals surface area contributed by atoms with Crippen LogP contribution in [-0.2, 0) is 4.79 Å². The molecule has 0 aromatic carbocycles. The van der Waals surface area contributed by atoms with Crippen LogP contribution in [0.3, 0.4) is 0 Å².